The molecule has 1 aliphatic rings. The van der Waals surface area contributed by atoms with Crippen LogP contribution < -0.4 is 0 Å². The predicted molar refractivity (Wildman–Crippen MR) is 87.0 cm³/mol. The predicted octanol–water partition coefficient (Wildman–Crippen LogP) is 3.46. The van der Waals surface area contributed by atoms with Gasteiger partial charge in [0.15, 0.2) is 5.76 Å². The van der Waals surface area contributed by atoms with Gasteiger partial charge in [0.2, 0.25) is 0 Å². The minimum Gasteiger partial charge on any atom is -0.404 e. The lowest BCUT2D eigenvalue weighted by molar-refractivity contribution is -0.123. The average molecular weight is 332 g/mol. The van der Waals surface area contributed by atoms with E-state index < -0.39 is 12.0 Å². The number of rotatable bonds is 4. The largest absolute Gasteiger partial charge is 0.422 e. The van der Waals surface area contributed by atoms with Gasteiger partial charge in [-0.05, 0) is 34.5 Å². The second-order valence-electron chi connectivity index (χ2n) is 5.05. The van der Waals surface area contributed by atoms with Crippen LogP contribution >= 0.6 is 11.6 Å². The zero-order chi connectivity index (χ0) is 16.4. The molecule has 0 unspecified atom stereocenters. The summed E-state index contributed by atoms with van der Waals surface area (Å²) in [5.74, 6) is -0.528. The summed E-state index contributed by atoms with van der Waals surface area (Å²) in [7, 11) is 1.50. The van der Waals surface area contributed by atoms with Crippen LogP contribution in [0.1, 0.15) is 5.56 Å². The SMILES string of the molecule is COCCN1C(=O)OC(=Cc2cc3ccccc3cc2Cl)C1=O. The third-order valence-corrected chi connectivity index (χ3v) is 3.87. The highest BCUT2D eigenvalue weighted by Crippen LogP contribution is 2.28. The topological polar surface area (TPSA) is 55.8 Å². The van der Waals surface area contributed by atoms with Crippen LogP contribution in [-0.4, -0.2) is 37.2 Å². The van der Waals surface area contributed by atoms with Gasteiger partial charge >= 0.3 is 6.09 Å². The molecule has 118 valence electrons. The van der Waals surface area contributed by atoms with E-state index >= 15 is 0 Å². The molecule has 5 nitrogen and oxygen atoms in total. The van der Waals surface area contributed by atoms with E-state index in [1.54, 1.807) is 0 Å². The average Bonchev–Trinajstić information content (AvgIpc) is 2.80. The minimum absolute atomic E-state index is 0.0386. The Kier molecular flexibility index (Phi) is 4.32. The van der Waals surface area contributed by atoms with Crippen molar-refractivity contribution in [2.75, 3.05) is 20.3 Å². The Bertz CT molecular complexity index is 815. The summed E-state index contributed by atoms with van der Waals surface area (Å²) in [6, 6.07) is 11.4. The van der Waals surface area contributed by atoms with Crippen molar-refractivity contribution in [1.82, 2.24) is 4.90 Å². The van der Waals surface area contributed by atoms with Crippen LogP contribution in [0.5, 0.6) is 0 Å². The Morgan fingerprint density at radius 3 is 2.61 bits per heavy atom. The van der Waals surface area contributed by atoms with Crippen molar-refractivity contribution in [2.24, 2.45) is 0 Å². The molecule has 0 spiro atoms. The fourth-order valence-corrected chi connectivity index (χ4v) is 2.58. The molecule has 0 bridgehead atoms. The fraction of sp³-hybridized carbons (Fsp3) is 0.176. The number of nitrogens with zero attached hydrogens (tertiary/aromatic N) is 1. The number of hydrogen-bond donors (Lipinski definition) is 0. The molecule has 0 atom stereocenters. The second kappa shape index (κ2) is 6.40. The second-order valence-corrected chi connectivity index (χ2v) is 5.45. The van der Waals surface area contributed by atoms with Gasteiger partial charge in [-0.1, -0.05) is 35.9 Å². The van der Waals surface area contributed by atoms with Crippen molar-refractivity contribution in [3.8, 4) is 0 Å². The van der Waals surface area contributed by atoms with Crippen LogP contribution in [0, 0.1) is 0 Å². The molecular formula is C17H14ClNO4. The number of benzene rings is 2. The Labute approximate surface area is 138 Å². The summed E-state index contributed by atoms with van der Waals surface area (Å²) < 4.78 is 9.92. The molecule has 0 N–H and O–H groups in total. The maximum Gasteiger partial charge on any atom is 0.422 e. The first-order valence-electron chi connectivity index (χ1n) is 7.03. The van der Waals surface area contributed by atoms with E-state index in [9.17, 15) is 9.59 Å². The van der Waals surface area contributed by atoms with E-state index in [0.717, 1.165) is 15.7 Å². The third-order valence-electron chi connectivity index (χ3n) is 3.54. The van der Waals surface area contributed by atoms with Crippen LogP contribution in [0.2, 0.25) is 5.02 Å². The molecule has 0 radical (unpaired) electrons. The van der Waals surface area contributed by atoms with Crippen molar-refractivity contribution in [3.63, 3.8) is 0 Å². The first kappa shape index (κ1) is 15.5. The van der Waals surface area contributed by atoms with Crippen molar-refractivity contribution >= 4 is 40.4 Å². The highest BCUT2D eigenvalue weighted by molar-refractivity contribution is 6.33. The molecule has 0 aromatic heterocycles. The van der Waals surface area contributed by atoms with Crippen molar-refractivity contribution in [1.29, 1.82) is 0 Å². The standard InChI is InChI=1S/C17H14ClNO4/c1-22-7-6-19-16(20)15(23-17(19)21)10-13-8-11-4-2-3-5-12(11)9-14(13)18/h2-5,8-10H,6-7H2,1H3. The normalized spacial score (nSPS) is 16.4. The molecule has 3 rings (SSSR count). The van der Waals surface area contributed by atoms with Crippen molar-refractivity contribution in [2.45, 2.75) is 0 Å². The zero-order valence-electron chi connectivity index (χ0n) is 12.4. The number of methoxy groups -OCH3 is 1. The number of ether oxygens (including phenoxy) is 2. The van der Waals surface area contributed by atoms with Gasteiger partial charge in [0.25, 0.3) is 5.91 Å². The van der Waals surface area contributed by atoms with E-state index in [-0.39, 0.29) is 18.9 Å². The van der Waals surface area contributed by atoms with Crippen LogP contribution in [0.3, 0.4) is 0 Å². The molecule has 0 saturated carbocycles. The highest BCUT2D eigenvalue weighted by Gasteiger charge is 2.36. The highest BCUT2D eigenvalue weighted by atomic mass is 35.5. The monoisotopic (exact) mass is 331 g/mol. The van der Waals surface area contributed by atoms with Gasteiger partial charge in [-0.3, -0.25) is 4.79 Å². The first-order chi connectivity index (χ1) is 11.1. The minimum atomic E-state index is -0.699. The van der Waals surface area contributed by atoms with E-state index in [0.29, 0.717) is 10.6 Å². The quantitative estimate of drug-likeness (QED) is 0.805. The van der Waals surface area contributed by atoms with Gasteiger partial charge in [-0.15, -0.1) is 0 Å². The number of hydrogen-bond acceptors (Lipinski definition) is 4. The van der Waals surface area contributed by atoms with Crippen LogP contribution in [0.15, 0.2) is 42.2 Å². The number of carbonyl (C=O) groups excluding carboxylic acids is 2. The van der Waals surface area contributed by atoms with Crippen LogP contribution in [0.4, 0.5) is 4.79 Å². The van der Waals surface area contributed by atoms with Gasteiger partial charge in [-0.25, -0.2) is 9.69 Å². The van der Waals surface area contributed by atoms with Gasteiger partial charge in [0, 0.05) is 12.1 Å². The molecule has 2 amide bonds. The molecule has 2 aromatic carbocycles. The molecule has 6 heteroatoms. The zero-order valence-corrected chi connectivity index (χ0v) is 13.2. The van der Waals surface area contributed by atoms with Gasteiger partial charge in [0.05, 0.1) is 13.2 Å². The van der Waals surface area contributed by atoms with E-state index in [1.807, 2.05) is 36.4 Å². The molecule has 1 heterocycles. The van der Waals surface area contributed by atoms with Gasteiger partial charge in [-0.2, -0.15) is 0 Å². The number of imide groups is 1. The maximum absolute atomic E-state index is 12.2. The van der Waals surface area contributed by atoms with Crippen LogP contribution in [0.25, 0.3) is 16.8 Å². The number of amides is 2. The molecule has 1 saturated heterocycles. The van der Waals surface area contributed by atoms with Gasteiger partial charge in [0.1, 0.15) is 0 Å². The lowest BCUT2D eigenvalue weighted by Crippen LogP contribution is -2.31. The number of fused-ring (bicyclic) bond motifs is 1. The molecule has 0 aliphatic carbocycles. The molecular weight excluding hydrogens is 318 g/mol. The fourth-order valence-electron chi connectivity index (χ4n) is 2.36. The first-order valence-corrected chi connectivity index (χ1v) is 7.40. The molecule has 23 heavy (non-hydrogen) atoms. The lowest BCUT2D eigenvalue weighted by atomic mass is 10.1. The Morgan fingerprint density at radius 2 is 1.91 bits per heavy atom. The maximum atomic E-state index is 12.2. The molecule has 1 fully saturated rings. The van der Waals surface area contributed by atoms with E-state index in [4.69, 9.17) is 21.1 Å². The van der Waals surface area contributed by atoms with E-state index in [2.05, 4.69) is 0 Å². The number of carbonyl (C=O) groups is 2. The lowest BCUT2D eigenvalue weighted by Gasteiger charge is -2.08. The molecule has 1 aliphatic heterocycles. The van der Waals surface area contributed by atoms with E-state index in [1.165, 1.54) is 13.2 Å². The van der Waals surface area contributed by atoms with Crippen molar-refractivity contribution in [3.05, 3.63) is 52.7 Å². The Morgan fingerprint density at radius 1 is 1.22 bits per heavy atom. The Hall–Kier alpha value is -2.37. The van der Waals surface area contributed by atoms with Crippen molar-refractivity contribution < 1.29 is 19.1 Å². The summed E-state index contributed by atoms with van der Waals surface area (Å²) in [5, 5.41) is 2.46. The number of cyclic esters (lactones) is 1. The Balaban J connectivity index is 1.94. The summed E-state index contributed by atoms with van der Waals surface area (Å²) in [4.78, 5) is 25.0. The number of halogens is 1. The summed E-state index contributed by atoms with van der Waals surface area (Å²) >= 11 is 6.26. The summed E-state index contributed by atoms with van der Waals surface area (Å²) in [6.45, 7) is 0.405. The third kappa shape index (κ3) is 3.06. The van der Waals surface area contributed by atoms with Crippen LogP contribution in [-0.2, 0) is 14.3 Å². The molecule has 2 aromatic rings. The smallest absolute Gasteiger partial charge is 0.404 e. The summed E-state index contributed by atoms with van der Waals surface area (Å²) in [5.41, 5.74) is 0.620. The van der Waals surface area contributed by atoms with Gasteiger partial charge < -0.3 is 9.47 Å². The summed E-state index contributed by atoms with van der Waals surface area (Å²) in [6.07, 6.45) is 0.789.